The second kappa shape index (κ2) is 11.1. The van der Waals surface area contributed by atoms with Crippen molar-refractivity contribution in [2.45, 2.75) is 32.8 Å². The van der Waals surface area contributed by atoms with Crippen LogP contribution in [0.5, 0.6) is 0 Å². The number of ether oxygens (including phenoxy) is 2. The number of carbonyl (C=O) groups is 2. The average Bonchev–Trinajstić information content (AvgIpc) is 2.67. The molecule has 2 rings (SSSR count). The van der Waals surface area contributed by atoms with Crippen molar-refractivity contribution < 1.29 is 19.1 Å². The summed E-state index contributed by atoms with van der Waals surface area (Å²) in [5.41, 5.74) is 3.07. The van der Waals surface area contributed by atoms with Gasteiger partial charge in [0.1, 0.15) is 0 Å². The number of nitrogens with one attached hydrogen (secondary N) is 1. The van der Waals surface area contributed by atoms with Crippen LogP contribution in [0.3, 0.4) is 0 Å². The zero-order valence-electron chi connectivity index (χ0n) is 15.9. The normalized spacial score (nSPS) is 10.6. The lowest BCUT2D eigenvalue weighted by atomic mass is 10.0. The maximum Gasteiger partial charge on any atom is 0.310 e. The van der Waals surface area contributed by atoms with Crippen LogP contribution in [-0.4, -0.2) is 37.7 Å². The molecule has 0 atom stereocenters. The molecule has 5 nitrogen and oxygen atoms in total. The highest BCUT2D eigenvalue weighted by molar-refractivity contribution is 5.81. The fourth-order valence-electron chi connectivity index (χ4n) is 2.48. The van der Waals surface area contributed by atoms with Gasteiger partial charge in [-0.3, -0.25) is 9.59 Å². The summed E-state index contributed by atoms with van der Waals surface area (Å²) in [6.45, 7) is 4.77. The molecular weight excluding hydrogens is 342 g/mol. The summed E-state index contributed by atoms with van der Waals surface area (Å²) < 4.78 is 10.4. The van der Waals surface area contributed by atoms with Crippen molar-refractivity contribution in [3.8, 4) is 11.1 Å². The number of carbonyl (C=O) groups excluding carboxylic acids is 2. The molecule has 0 aromatic heterocycles. The molecule has 0 saturated carbocycles. The lowest BCUT2D eigenvalue weighted by molar-refractivity contribution is -0.147. The van der Waals surface area contributed by atoms with Crippen LogP contribution in [0.4, 0.5) is 0 Å². The first-order valence-electron chi connectivity index (χ1n) is 9.23. The van der Waals surface area contributed by atoms with Gasteiger partial charge in [0.2, 0.25) is 0 Å². The Kier molecular flexibility index (Phi) is 8.52. The second-order valence-electron chi connectivity index (χ2n) is 6.52. The van der Waals surface area contributed by atoms with Gasteiger partial charge in [-0.25, -0.2) is 0 Å². The molecule has 144 valence electrons. The predicted molar refractivity (Wildman–Crippen MR) is 105 cm³/mol. The van der Waals surface area contributed by atoms with E-state index in [1.54, 1.807) is 0 Å². The van der Waals surface area contributed by atoms with Gasteiger partial charge in [0.05, 0.1) is 12.5 Å². The summed E-state index contributed by atoms with van der Waals surface area (Å²) in [6, 6.07) is 17.8. The Hall–Kier alpha value is -2.66. The quantitative estimate of drug-likeness (QED) is 0.515. The molecule has 0 unspecified atom stereocenters. The van der Waals surface area contributed by atoms with Gasteiger partial charge in [-0.2, -0.15) is 0 Å². The lowest BCUT2D eigenvalue weighted by Gasteiger charge is -2.09. The molecule has 0 saturated heterocycles. The Morgan fingerprint density at radius 3 is 2.30 bits per heavy atom. The first-order chi connectivity index (χ1) is 13.0. The summed E-state index contributed by atoms with van der Waals surface area (Å²) >= 11 is 0. The van der Waals surface area contributed by atoms with Gasteiger partial charge in [0.25, 0.3) is 5.91 Å². The van der Waals surface area contributed by atoms with Crippen molar-refractivity contribution in [3.05, 3.63) is 60.2 Å². The molecule has 1 N–H and O–H groups in total. The predicted octanol–water partition coefficient (Wildman–Crippen LogP) is 3.37. The van der Waals surface area contributed by atoms with Crippen molar-refractivity contribution in [3.63, 3.8) is 0 Å². The third kappa shape index (κ3) is 8.05. The van der Waals surface area contributed by atoms with Crippen LogP contribution in [0.2, 0.25) is 0 Å². The Morgan fingerprint density at radius 2 is 1.63 bits per heavy atom. The van der Waals surface area contributed by atoms with Gasteiger partial charge in [-0.1, -0.05) is 54.6 Å². The molecule has 0 aliphatic rings. The molecule has 5 heteroatoms. The van der Waals surface area contributed by atoms with E-state index in [0.29, 0.717) is 13.2 Å². The Bertz CT molecular complexity index is 711. The SMILES string of the molecule is CC(C)OCCCNC(=O)COC(=O)Cc1ccc(-c2ccccc2)cc1. The van der Waals surface area contributed by atoms with Crippen LogP contribution >= 0.6 is 0 Å². The minimum Gasteiger partial charge on any atom is -0.455 e. The fourth-order valence-corrected chi connectivity index (χ4v) is 2.48. The Morgan fingerprint density at radius 1 is 0.963 bits per heavy atom. The van der Waals surface area contributed by atoms with Crippen LogP contribution < -0.4 is 5.32 Å². The molecule has 0 fully saturated rings. The highest BCUT2D eigenvalue weighted by Gasteiger charge is 2.09. The van der Waals surface area contributed by atoms with E-state index in [9.17, 15) is 9.59 Å². The first kappa shape index (κ1) is 20.6. The van der Waals surface area contributed by atoms with Crippen molar-refractivity contribution in [1.82, 2.24) is 5.32 Å². The van der Waals surface area contributed by atoms with E-state index in [-0.39, 0.29) is 25.0 Å². The van der Waals surface area contributed by atoms with E-state index in [1.807, 2.05) is 68.4 Å². The summed E-state index contributed by atoms with van der Waals surface area (Å²) in [6.07, 6.45) is 1.05. The van der Waals surface area contributed by atoms with E-state index < -0.39 is 5.97 Å². The van der Waals surface area contributed by atoms with Gasteiger partial charge < -0.3 is 14.8 Å². The lowest BCUT2D eigenvalue weighted by Crippen LogP contribution is -2.30. The summed E-state index contributed by atoms with van der Waals surface area (Å²) in [7, 11) is 0. The number of esters is 1. The van der Waals surface area contributed by atoms with Crippen LogP contribution in [0, 0.1) is 0 Å². The van der Waals surface area contributed by atoms with E-state index in [4.69, 9.17) is 9.47 Å². The minimum atomic E-state index is -0.416. The maximum atomic E-state index is 11.9. The number of rotatable bonds is 10. The van der Waals surface area contributed by atoms with Crippen LogP contribution in [0.25, 0.3) is 11.1 Å². The minimum absolute atomic E-state index is 0.143. The maximum absolute atomic E-state index is 11.9. The molecule has 2 aromatic carbocycles. The molecule has 0 spiro atoms. The Balaban J connectivity index is 1.67. The molecule has 0 aliphatic heterocycles. The third-order valence-electron chi connectivity index (χ3n) is 3.87. The monoisotopic (exact) mass is 369 g/mol. The number of hydrogen-bond acceptors (Lipinski definition) is 4. The molecule has 0 bridgehead atoms. The number of amides is 1. The Labute approximate surface area is 160 Å². The zero-order valence-corrected chi connectivity index (χ0v) is 15.9. The smallest absolute Gasteiger partial charge is 0.310 e. The first-order valence-corrected chi connectivity index (χ1v) is 9.23. The van der Waals surface area contributed by atoms with Crippen molar-refractivity contribution in [2.24, 2.45) is 0 Å². The summed E-state index contributed by atoms with van der Waals surface area (Å²) in [5.74, 6) is -0.715. The van der Waals surface area contributed by atoms with Crippen molar-refractivity contribution >= 4 is 11.9 Å². The molecule has 0 radical (unpaired) electrons. The molecule has 27 heavy (non-hydrogen) atoms. The number of hydrogen-bond donors (Lipinski definition) is 1. The second-order valence-corrected chi connectivity index (χ2v) is 6.52. The van der Waals surface area contributed by atoms with E-state index in [1.165, 1.54) is 0 Å². The third-order valence-corrected chi connectivity index (χ3v) is 3.87. The van der Waals surface area contributed by atoms with Crippen molar-refractivity contribution in [2.75, 3.05) is 19.8 Å². The van der Waals surface area contributed by atoms with Gasteiger partial charge in [0.15, 0.2) is 6.61 Å². The molecule has 2 aromatic rings. The fraction of sp³-hybridized carbons (Fsp3) is 0.364. The van der Waals surface area contributed by atoms with Crippen LogP contribution in [0.15, 0.2) is 54.6 Å². The largest absolute Gasteiger partial charge is 0.455 e. The van der Waals surface area contributed by atoms with Crippen LogP contribution in [-0.2, 0) is 25.5 Å². The topological polar surface area (TPSA) is 64.6 Å². The molecule has 0 heterocycles. The molecule has 0 aliphatic carbocycles. The molecule has 1 amide bonds. The summed E-state index contributed by atoms with van der Waals surface area (Å²) in [5, 5.41) is 2.71. The molecular formula is C22H27NO4. The highest BCUT2D eigenvalue weighted by atomic mass is 16.5. The average molecular weight is 369 g/mol. The van der Waals surface area contributed by atoms with E-state index >= 15 is 0 Å². The number of benzene rings is 2. The van der Waals surface area contributed by atoms with Crippen LogP contribution in [0.1, 0.15) is 25.8 Å². The highest BCUT2D eigenvalue weighted by Crippen LogP contribution is 2.19. The van der Waals surface area contributed by atoms with E-state index in [0.717, 1.165) is 23.1 Å². The van der Waals surface area contributed by atoms with Gasteiger partial charge in [-0.05, 0) is 37.0 Å². The summed E-state index contributed by atoms with van der Waals surface area (Å²) in [4.78, 5) is 23.6. The zero-order chi connectivity index (χ0) is 19.5. The van der Waals surface area contributed by atoms with Gasteiger partial charge >= 0.3 is 5.97 Å². The standard InChI is InChI=1S/C22H27NO4/c1-17(2)26-14-6-13-23-21(24)16-27-22(25)15-18-9-11-20(12-10-18)19-7-4-3-5-8-19/h3-5,7-12,17H,6,13-16H2,1-2H3,(H,23,24). The van der Waals surface area contributed by atoms with Gasteiger partial charge in [-0.15, -0.1) is 0 Å². The van der Waals surface area contributed by atoms with Crippen molar-refractivity contribution in [1.29, 1.82) is 0 Å². The van der Waals surface area contributed by atoms with E-state index in [2.05, 4.69) is 5.32 Å². The van der Waals surface area contributed by atoms with Gasteiger partial charge in [0, 0.05) is 13.2 Å².